The van der Waals surface area contributed by atoms with Gasteiger partial charge in [-0.05, 0) is 31.1 Å². The molecule has 1 aliphatic heterocycles. The van der Waals surface area contributed by atoms with Gasteiger partial charge >= 0.3 is 0 Å². The van der Waals surface area contributed by atoms with Crippen molar-refractivity contribution < 1.29 is 0 Å². The molecule has 88 valence electrons. The molecule has 0 bridgehead atoms. The molecule has 0 saturated heterocycles. The van der Waals surface area contributed by atoms with E-state index in [0.717, 1.165) is 24.8 Å². The normalized spacial score (nSPS) is 38.6. The van der Waals surface area contributed by atoms with Crippen LogP contribution in [0.15, 0.2) is 6.33 Å². The van der Waals surface area contributed by atoms with Crippen LogP contribution in [-0.4, -0.2) is 16.5 Å². The van der Waals surface area contributed by atoms with Crippen LogP contribution in [0.4, 0.5) is 0 Å². The number of hydrogen-bond acceptors (Lipinski definition) is 2. The van der Waals surface area contributed by atoms with E-state index in [4.69, 9.17) is 0 Å². The van der Waals surface area contributed by atoms with Gasteiger partial charge in [0.05, 0.1) is 17.6 Å². The topological polar surface area (TPSA) is 40.7 Å². The first-order chi connectivity index (χ1) is 7.70. The van der Waals surface area contributed by atoms with Gasteiger partial charge in [0.1, 0.15) is 0 Å². The fourth-order valence-electron chi connectivity index (χ4n) is 3.90. The molecule has 1 spiro atoms. The van der Waals surface area contributed by atoms with Crippen molar-refractivity contribution in [2.75, 3.05) is 6.54 Å². The first-order valence-corrected chi connectivity index (χ1v) is 6.47. The molecule has 1 fully saturated rings. The zero-order chi connectivity index (χ0) is 11.2. The fraction of sp³-hybridized carbons (Fsp3) is 0.769. The number of rotatable bonds is 0. The van der Waals surface area contributed by atoms with E-state index in [1.807, 2.05) is 6.33 Å². The zero-order valence-electron chi connectivity index (χ0n) is 10.2. The predicted molar refractivity (Wildman–Crippen MR) is 64.2 cm³/mol. The van der Waals surface area contributed by atoms with Crippen molar-refractivity contribution in [3.8, 4) is 0 Å². The maximum Gasteiger partial charge on any atom is 0.0926 e. The third kappa shape index (κ3) is 1.49. The quantitative estimate of drug-likeness (QED) is 0.702. The van der Waals surface area contributed by atoms with Crippen LogP contribution in [0, 0.1) is 11.8 Å². The second-order valence-electron chi connectivity index (χ2n) is 5.84. The molecule has 0 amide bonds. The zero-order valence-corrected chi connectivity index (χ0v) is 10.2. The third-order valence-electron chi connectivity index (χ3n) is 4.21. The summed E-state index contributed by atoms with van der Waals surface area (Å²) in [6.45, 7) is 5.84. The first-order valence-electron chi connectivity index (χ1n) is 6.47. The summed E-state index contributed by atoms with van der Waals surface area (Å²) in [6.07, 6.45) is 6.82. The third-order valence-corrected chi connectivity index (χ3v) is 4.21. The number of fused-ring (bicyclic) bond motifs is 2. The summed E-state index contributed by atoms with van der Waals surface area (Å²) in [4.78, 5) is 7.89. The van der Waals surface area contributed by atoms with Crippen LogP contribution in [-0.2, 0) is 12.0 Å². The van der Waals surface area contributed by atoms with Gasteiger partial charge in [0.25, 0.3) is 0 Å². The van der Waals surface area contributed by atoms with Gasteiger partial charge in [-0.2, -0.15) is 0 Å². The van der Waals surface area contributed by atoms with Crippen LogP contribution >= 0.6 is 0 Å². The van der Waals surface area contributed by atoms with Crippen LogP contribution in [0.3, 0.4) is 0 Å². The highest BCUT2D eigenvalue weighted by molar-refractivity contribution is 5.26. The lowest BCUT2D eigenvalue weighted by atomic mass is 9.68. The van der Waals surface area contributed by atoms with Crippen LogP contribution in [0.2, 0.25) is 0 Å². The second-order valence-corrected chi connectivity index (χ2v) is 5.84. The molecular formula is C13H21N3. The molecule has 2 N–H and O–H groups in total. The van der Waals surface area contributed by atoms with Gasteiger partial charge in [0.2, 0.25) is 0 Å². The number of imidazole rings is 1. The molecule has 2 aliphatic rings. The molecule has 0 aromatic carbocycles. The highest BCUT2D eigenvalue weighted by Gasteiger charge is 2.43. The molecule has 16 heavy (non-hydrogen) atoms. The summed E-state index contributed by atoms with van der Waals surface area (Å²) in [5.41, 5.74) is 2.84. The van der Waals surface area contributed by atoms with Crippen molar-refractivity contribution in [2.24, 2.45) is 11.8 Å². The molecule has 2 unspecified atom stereocenters. The van der Waals surface area contributed by atoms with Crippen LogP contribution < -0.4 is 5.32 Å². The highest BCUT2D eigenvalue weighted by Crippen LogP contribution is 2.43. The standard InChI is InChI=1S/C13H21N3/c1-9-5-10(2)7-13(6-9)12-11(3-4-16-13)14-8-15-12/h8-10,16H,3-7H2,1-2H3,(H,14,15). The maximum atomic E-state index is 4.58. The van der Waals surface area contributed by atoms with Crippen molar-refractivity contribution in [2.45, 2.75) is 45.1 Å². The van der Waals surface area contributed by atoms with Gasteiger partial charge in [0, 0.05) is 18.7 Å². The molecule has 0 radical (unpaired) electrons. The van der Waals surface area contributed by atoms with E-state index in [-0.39, 0.29) is 5.54 Å². The summed E-state index contributed by atoms with van der Waals surface area (Å²) in [6, 6.07) is 0. The first kappa shape index (κ1) is 10.3. The molecule has 2 heterocycles. The minimum absolute atomic E-state index is 0.171. The molecular weight excluding hydrogens is 198 g/mol. The fourth-order valence-corrected chi connectivity index (χ4v) is 3.90. The summed E-state index contributed by atoms with van der Waals surface area (Å²) in [5.74, 6) is 1.61. The minimum atomic E-state index is 0.171. The summed E-state index contributed by atoms with van der Waals surface area (Å²) in [7, 11) is 0. The summed E-state index contributed by atoms with van der Waals surface area (Å²) >= 11 is 0. The average molecular weight is 219 g/mol. The number of aromatic amines is 1. The van der Waals surface area contributed by atoms with Crippen molar-refractivity contribution in [3.63, 3.8) is 0 Å². The van der Waals surface area contributed by atoms with Crippen molar-refractivity contribution in [1.82, 2.24) is 15.3 Å². The van der Waals surface area contributed by atoms with Gasteiger partial charge < -0.3 is 10.3 Å². The average Bonchev–Trinajstić information content (AvgIpc) is 2.65. The van der Waals surface area contributed by atoms with E-state index in [1.54, 1.807) is 0 Å². The SMILES string of the molecule is CC1CC(C)CC2(C1)NCCc1[nH]cnc12. The molecule has 3 rings (SSSR count). The number of aromatic nitrogens is 2. The molecule has 1 aromatic heterocycles. The van der Waals surface area contributed by atoms with E-state index in [0.29, 0.717) is 0 Å². The Hall–Kier alpha value is -0.830. The van der Waals surface area contributed by atoms with E-state index in [2.05, 4.69) is 29.1 Å². The largest absolute Gasteiger partial charge is 0.348 e. The Bertz CT molecular complexity index is 372. The van der Waals surface area contributed by atoms with Gasteiger partial charge in [0.15, 0.2) is 0 Å². The van der Waals surface area contributed by atoms with Gasteiger partial charge in [-0.25, -0.2) is 4.98 Å². The lowest BCUT2D eigenvalue weighted by Crippen LogP contribution is -2.51. The molecule has 1 aromatic rings. The van der Waals surface area contributed by atoms with Gasteiger partial charge in [-0.15, -0.1) is 0 Å². The highest BCUT2D eigenvalue weighted by atomic mass is 15.1. The molecule has 1 saturated carbocycles. The lowest BCUT2D eigenvalue weighted by Gasteiger charge is -2.45. The van der Waals surface area contributed by atoms with Gasteiger partial charge in [-0.3, -0.25) is 0 Å². The van der Waals surface area contributed by atoms with E-state index in [1.165, 1.54) is 30.7 Å². The van der Waals surface area contributed by atoms with Crippen LogP contribution in [0.5, 0.6) is 0 Å². The Morgan fingerprint density at radius 1 is 1.31 bits per heavy atom. The van der Waals surface area contributed by atoms with E-state index in [9.17, 15) is 0 Å². The molecule has 3 heteroatoms. The van der Waals surface area contributed by atoms with Crippen LogP contribution in [0.25, 0.3) is 0 Å². The number of nitrogens with one attached hydrogen (secondary N) is 2. The van der Waals surface area contributed by atoms with E-state index < -0.39 is 0 Å². The molecule has 2 atom stereocenters. The predicted octanol–water partition coefficient (Wildman–Crippen LogP) is 2.21. The van der Waals surface area contributed by atoms with Crippen LogP contribution in [0.1, 0.15) is 44.5 Å². The molecule has 3 nitrogen and oxygen atoms in total. The molecule has 1 aliphatic carbocycles. The number of nitrogens with zero attached hydrogens (tertiary/aromatic N) is 1. The Kier molecular flexibility index (Phi) is 2.32. The lowest BCUT2D eigenvalue weighted by molar-refractivity contribution is 0.133. The van der Waals surface area contributed by atoms with Crippen molar-refractivity contribution in [3.05, 3.63) is 17.7 Å². The second kappa shape index (κ2) is 3.59. The summed E-state index contributed by atoms with van der Waals surface area (Å²) in [5, 5.41) is 3.76. The Labute approximate surface area is 97.0 Å². The van der Waals surface area contributed by atoms with Crippen molar-refractivity contribution >= 4 is 0 Å². The Morgan fingerprint density at radius 3 is 2.81 bits per heavy atom. The monoisotopic (exact) mass is 219 g/mol. The number of hydrogen-bond donors (Lipinski definition) is 2. The minimum Gasteiger partial charge on any atom is -0.348 e. The van der Waals surface area contributed by atoms with Crippen molar-refractivity contribution in [1.29, 1.82) is 0 Å². The Balaban J connectivity index is 2.00. The summed E-state index contributed by atoms with van der Waals surface area (Å²) < 4.78 is 0. The van der Waals surface area contributed by atoms with Gasteiger partial charge in [-0.1, -0.05) is 13.8 Å². The van der Waals surface area contributed by atoms with E-state index >= 15 is 0 Å². The maximum absolute atomic E-state index is 4.58. The number of H-pyrrole nitrogens is 1. The Morgan fingerprint density at radius 2 is 2.06 bits per heavy atom. The smallest absolute Gasteiger partial charge is 0.0926 e.